The fraction of sp³-hybridized carbons (Fsp3) is 0.400. The number of aromatic nitrogens is 4. The summed E-state index contributed by atoms with van der Waals surface area (Å²) < 4.78 is 1.72. The van der Waals surface area contributed by atoms with Crippen LogP contribution in [-0.2, 0) is 6.54 Å². The number of nitrogens with one attached hydrogen (secondary N) is 1. The highest BCUT2D eigenvalue weighted by molar-refractivity contribution is 7.17. The third-order valence-corrected chi connectivity index (χ3v) is 3.33. The Labute approximate surface area is 108 Å². The molecule has 18 heavy (non-hydrogen) atoms. The van der Waals surface area contributed by atoms with E-state index in [1.165, 1.54) is 11.3 Å². The zero-order chi connectivity index (χ0) is 13.0. The Kier molecular flexibility index (Phi) is 3.88. The van der Waals surface area contributed by atoms with Crippen molar-refractivity contribution in [3.63, 3.8) is 0 Å². The predicted molar refractivity (Wildman–Crippen MR) is 68.2 cm³/mol. The van der Waals surface area contributed by atoms with Crippen LogP contribution in [0.4, 0.5) is 5.13 Å². The van der Waals surface area contributed by atoms with E-state index in [4.69, 9.17) is 5.73 Å². The van der Waals surface area contributed by atoms with Crippen molar-refractivity contribution in [3.8, 4) is 0 Å². The number of nitrogens with zero attached hydrogens (tertiary/aromatic N) is 4. The molecule has 1 amide bonds. The maximum absolute atomic E-state index is 11.8. The number of nitrogens with two attached hydrogens (primary N) is 1. The second kappa shape index (κ2) is 5.58. The number of aryl methyl sites for hydroxylation is 2. The molecule has 2 aromatic heterocycles. The Bertz CT molecular complexity index is 520. The van der Waals surface area contributed by atoms with Crippen LogP contribution in [0.15, 0.2) is 12.4 Å². The van der Waals surface area contributed by atoms with Crippen molar-refractivity contribution >= 4 is 22.4 Å². The first kappa shape index (κ1) is 12.5. The van der Waals surface area contributed by atoms with Crippen LogP contribution in [0.5, 0.6) is 0 Å². The van der Waals surface area contributed by atoms with Crippen LogP contribution in [0.25, 0.3) is 0 Å². The minimum absolute atomic E-state index is 0.125. The maximum atomic E-state index is 11.8. The van der Waals surface area contributed by atoms with E-state index in [0.29, 0.717) is 22.2 Å². The van der Waals surface area contributed by atoms with Crippen LogP contribution in [0.3, 0.4) is 0 Å². The number of amides is 1. The molecule has 0 aliphatic carbocycles. The minimum atomic E-state index is -0.125. The standard InChI is InChI=1S/C10H14N6OS/c1-7-8(18-10(11)14-7)9(17)12-3-2-5-16-6-4-13-15-16/h4,6H,2-3,5H2,1H3,(H2,11,14)(H,12,17). The van der Waals surface area contributed by atoms with E-state index in [0.717, 1.165) is 13.0 Å². The highest BCUT2D eigenvalue weighted by atomic mass is 32.1. The van der Waals surface area contributed by atoms with Crippen molar-refractivity contribution < 1.29 is 4.79 Å². The molecule has 3 N–H and O–H groups in total. The van der Waals surface area contributed by atoms with E-state index in [2.05, 4.69) is 20.6 Å². The number of anilines is 1. The van der Waals surface area contributed by atoms with Gasteiger partial charge in [0.05, 0.1) is 11.9 Å². The molecule has 0 saturated carbocycles. The van der Waals surface area contributed by atoms with Gasteiger partial charge in [0.25, 0.3) is 5.91 Å². The third kappa shape index (κ3) is 3.04. The number of rotatable bonds is 5. The van der Waals surface area contributed by atoms with Gasteiger partial charge in [-0.05, 0) is 13.3 Å². The molecule has 0 unspecified atom stereocenters. The van der Waals surface area contributed by atoms with Crippen molar-refractivity contribution in [1.29, 1.82) is 0 Å². The Balaban J connectivity index is 1.77. The summed E-state index contributed by atoms with van der Waals surface area (Å²) in [5.41, 5.74) is 6.22. The van der Waals surface area contributed by atoms with Crippen LogP contribution in [0.1, 0.15) is 21.8 Å². The second-order valence-corrected chi connectivity index (χ2v) is 4.77. The topological polar surface area (TPSA) is 98.7 Å². The van der Waals surface area contributed by atoms with Crippen molar-refractivity contribution in [3.05, 3.63) is 23.0 Å². The first-order valence-electron chi connectivity index (χ1n) is 5.52. The lowest BCUT2D eigenvalue weighted by molar-refractivity contribution is 0.0956. The molecule has 0 radical (unpaired) electrons. The molecule has 2 heterocycles. The number of carbonyl (C=O) groups excluding carboxylic acids is 1. The van der Waals surface area contributed by atoms with Crippen molar-refractivity contribution in [2.45, 2.75) is 19.9 Å². The van der Waals surface area contributed by atoms with Gasteiger partial charge >= 0.3 is 0 Å². The lowest BCUT2D eigenvalue weighted by atomic mass is 10.3. The predicted octanol–water partition coefficient (Wildman–Crippen LogP) is 0.445. The highest BCUT2D eigenvalue weighted by Crippen LogP contribution is 2.19. The van der Waals surface area contributed by atoms with E-state index in [1.54, 1.807) is 24.0 Å². The van der Waals surface area contributed by atoms with Gasteiger partial charge in [-0.1, -0.05) is 16.6 Å². The normalized spacial score (nSPS) is 10.5. The lowest BCUT2D eigenvalue weighted by Crippen LogP contribution is -2.25. The number of carbonyl (C=O) groups is 1. The highest BCUT2D eigenvalue weighted by Gasteiger charge is 2.13. The van der Waals surface area contributed by atoms with Gasteiger partial charge in [-0.2, -0.15) is 0 Å². The largest absolute Gasteiger partial charge is 0.375 e. The molecule has 2 aromatic rings. The monoisotopic (exact) mass is 266 g/mol. The van der Waals surface area contributed by atoms with Gasteiger partial charge in [0.1, 0.15) is 4.88 Å². The Morgan fingerprint density at radius 2 is 2.44 bits per heavy atom. The summed E-state index contributed by atoms with van der Waals surface area (Å²) in [5, 5.41) is 10.8. The molecular weight excluding hydrogens is 252 g/mol. The minimum Gasteiger partial charge on any atom is -0.375 e. The van der Waals surface area contributed by atoms with Gasteiger partial charge < -0.3 is 11.1 Å². The molecule has 0 bridgehead atoms. The summed E-state index contributed by atoms with van der Waals surface area (Å²) in [5.74, 6) is -0.125. The summed E-state index contributed by atoms with van der Waals surface area (Å²) in [4.78, 5) is 16.4. The van der Waals surface area contributed by atoms with Crippen LogP contribution in [0.2, 0.25) is 0 Å². The molecule has 96 valence electrons. The van der Waals surface area contributed by atoms with Crippen molar-refractivity contribution in [2.24, 2.45) is 0 Å². The van der Waals surface area contributed by atoms with Crippen LogP contribution < -0.4 is 11.1 Å². The summed E-state index contributed by atoms with van der Waals surface area (Å²) >= 11 is 1.21. The molecule has 7 nitrogen and oxygen atoms in total. The second-order valence-electron chi connectivity index (χ2n) is 3.74. The van der Waals surface area contributed by atoms with Crippen molar-refractivity contribution in [1.82, 2.24) is 25.3 Å². The average molecular weight is 266 g/mol. The lowest BCUT2D eigenvalue weighted by Gasteiger charge is -2.03. The summed E-state index contributed by atoms with van der Waals surface area (Å²) in [6.07, 6.45) is 4.21. The molecule has 8 heteroatoms. The van der Waals surface area contributed by atoms with Gasteiger partial charge in [0.15, 0.2) is 5.13 Å². The Morgan fingerprint density at radius 1 is 1.61 bits per heavy atom. The molecule has 2 rings (SSSR count). The number of thiazole rings is 1. The van der Waals surface area contributed by atoms with E-state index < -0.39 is 0 Å². The molecule has 0 aliphatic heterocycles. The summed E-state index contributed by atoms with van der Waals surface area (Å²) in [7, 11) is 0. The molecular formula is C10H14N6OS. The van der Waals surface area contributed by atoms with Gasteiger partial charge in [-0.15, -0.1) is 5.10 Å². The van der Waals surface area contributed by atoms with E-state index in [1.807, 2.05) is 0 Å². The van der Waals surface area contributed by atoms with Gasteiger partial charge in [-0.3, -0.25) is 9.48 Å². The van der Waals surface area contributed by atoms with Gasteiger partial charge in [0.2, 0.25) is 0 Å². The Morgan fingerprint density at radius 3 is 3.06 bits per heavy atom. The zero-order valence-corrected chi connectivity index (χ0v) is 10.8. The quantitative estimate of drug-likeness (QED) is 0.765. The molecule has 0 saturated heterocycles. The smallest absolute Gasteiger partial charge is 0.263 e. The molecule has 0 aromatic carbocycles. The Hall–Kier alpha value is -1.96. The van der Waals surface area contributed by atoms with E-state index in [9.17, 15) is 4.79 Å². The van der Waals surface area contributed by atoms with Gasteiger partial charge in [-0.25, -0.2) is 4.98 Å². The van der Waals surface area contributed by atoms with Crippen LogP contribution in [0, 0.1) is 6.92 Å². The molecule has 0 fully saturated rings. The number of nitrogen functional groups attached to an aromatic ring is 1. The molecule has 0 atom stereocenters. The van der Waals surface area contributed by atoms with Crippen LogP contribution in [-0.4, -0.2) is 32.4 Å². The molecule has 0 spiro atoms. The molecule has 0 aliphatic rings. The van der Waals surface area contributed by atoms with Crippen molar-refractivity contribution in [2.75, 3.05) is 12.3 Å². The fourth-order valence-electron chi connectivity index (χ4n) is 1.50. The van der Waals surface area contributed by atoms with Gasteiger partial charge in [0, 0.05) is 19.3 Å². The third-order valence-electron chi connectivity index (χ3n) is 2.34. The van der Waals surface area contributed by atoms with Crippen LogP contribution >= 0.6 is 11.3 Å². The average Bonchev–Trinajstić information content (AvgIpc) is 2.94. The maximum Gasteiger partial charge on any atom is 0.263 e. The first-order valence-corrected chi connectivity index (χ1v) is 6.33. The number of hydrogen-bond donors (Lipinski definition) is 2. The SMILES string of the molecule is Cc1nc(N)sc1C(=O)NCCCn1ccnn1. The van der Waals surface area contributed by atoms with E-state index >= 15 is 0 Å². The zero-order valence-electron chi connectivity index (χ0n) is 9.96. The fourth-order valence-corrected chi connectivity index (χ4v) is 2.25. The summed E-state index contributed by atoms with van der Waals surface area (Å²) in [6, 6.07) is 0. The van der Waals surface area contributed by atoms with E-state index in [-0.39, 0.29) is 5.91 Å². The summed E-state index contributed by atoms with van der Waals surface area (Å²) in [6.45, 7) is 3.08. The first-order chi connectivity index (χ1) is 8.66. The number of hydrogen-bond acceptors (Lipinski definition) is 6.